The lowest BCUT2D eigenvalue weighted by molar-refractivity contribution is -0.147. The van der Waals surface area contributed by atoms with Crippen molar-refractivity contribution >= 4 is 5.97 Å². The first kappa shape index (κ1) is 14.4. The molecule has 4 heteroatoms. The zero-order chi connectivity index (χ0) is 15.0. The van der Waals surface area contributed by atoms with Crippen molar-refractivity contribution in [3.8, 4) is 5.75 Å². The largest absolute Gasteiger partial charge is 0.491 e. The molecule has 2 saturated carbocycles. The fourth-order valence-electron chi connectivity index (χ4n) is 2.96. The van der Waals surface area contributed by atoms with Crippen LogP contribution in [0.3, 0.4) is 0 Å². The normalized spacial score (nSPS) is 20.9. The molecule has 2 N–H and O–H groups in total. The van der Waals surface area contributed by atoms with Gasteiger partial charge in [0.05, 0.1) is 0 Å². The SMILES string of the molecule is Cc1cc(C)cc(OCC(NC2CC2)(C(=O)O)C2CC2)c1. The zero-order valence-electron chi connectivity index (χ0n) is 12.7. The Hall–Kier alpha value is -1.55. The molecule has 0 bridgehead atoms. The van der Waals surface area contributed by atoms with Crippen molar-refractivity contribution in [3.05, 3.63) is 29.3 Å². The van der Waals surface area contributed by atoms with Crippen molar-refractivity contribution in [1.29, 1.82) is 0 Å². The predicted molar refractivity (Wildman–Crippen MR) is 80.7 cm³/mol. The zero-order valence-corrected chi connectivity index (χ0v) is 12.7. The van der Waals surface area contributed by atoms with Crippen LogP contribution in [0.25, 0.3) is 0 Å². The van der Waals surface area contributed by atoms with Crippen LogP contribution >= 0.6 is 0 Å². The van der Waals surface area contributed by atoms with Crippen molar-refractivity contribution in [2.24, 2.45) is 5.92 Å². The van der Waals surface area contributed by atoms with Crippen LogP contribution in [-0.2, 0) is 4.79 Å². The van der Waals surface area contributed by atoms with Gasteiger partial charge in [0.15, 0.2) is 5.54 Å². The average Bonchev–Trinajstić information content (AvgIpc) is 3.24. The van der Waals surface area contributed by atoms with Crippen molar-refractivity contribution in [3.63, 3.8) is 0 Å². The van der Waals surface area contributed by atoms with Gasteiger partial charge in [0.2, 0.25) is 0 Å². The molecule has 0 aliphatic heterocycles. The molecular formula is C17H23NO3. The summed E-state index contributed by atoms with van der Waals surface area (Å²) in [4.78, 5) is 11.9. The molecule has 0 amide bonds. The minimum absolute atomic E-state index is 0.196. The maximum atomic E-state index is 11.9. The summed E-state index contributed by atoms with van der Waals surface area (Å²) in [5.41, 5.74) is 1.35. The van der Waals surface area contributed by atoms with Crippen LogP contribution in [0.4, 0.5) is 0 Å². The van der Waals surface area contributed by atoms with Gasteiger partial charge in [0, 0.05) is 6.04 Å². The number of rotatable bonds is 7. The van der Waals surface area contributed by atoms with Crippen LogP contribution in [0.2, 0.25) is 0 Å². The van der Waals surface area contributed by atoms with E-state index >= 15 is 0 Å². The lowest BCUT2D eigenvalue weighted by Crippen LogP contribution is -2.59. The van der Waals surface area contributed by atoms with Crippen molar-refractivity contribution < 1.29 is 14.6 Å². The maximum Gasteiger partial charge on any atom is 0.327 e. The molecule has 4 nitrogen and oxygen atoms in total. The fraction of sp³-hybridized carbons (Fsp3) is 0.588. The first-order valence-corrected chi connectivity index (χ1v) is 7.72. The van der Waals surface area contributed by atoms with E-state index in [2.05, 4.69) is 11.4 Å². The molecule has 114 valence electrons. The van der Waals surface area contributed by atoms with Crippen molar-refractivity contribution in [2.75, 3.05) is 6.61 Å². The third kappa shape index (κ3) is 3.21. The molecule has 2 aliphatic rings. The van der Waals surface area contributed by atoms with Gasteiger partial charge in [-0.05, 0) is 68.7 Å². The Morgan fingerprint density at radius 2 is 1.86 bits per heavy atom. The second-order valence-corrected chi connectivity index (χ2v) is 6.58. The van der Waals surface area contributed by atoms with Crippen LogP contribution in [0.15, 0.2) is 18.2 Å². The molecule has 1 atom stereocenters. The summed E-state index contributed by atoms with van der Waals surface area (Å²) >= 11 is 0. The summed E-state index contributed by atoms with van der Waals surface area (Å²) in [6, 6.07) is 6.36. The summed E-state index contributed by atoms with van der Waals surface area (Å²) in [6.45, 7) is 4.24. The lowest BCUT2D eigenvalue weighted by atomic mass is 9.94. The van der Waals surface area contributed by atoms with Crippen LogP contribution in [-0.4, -0.2) is 29.3 Å². The van der Waals surface area contributed by atoms with E-state index in [1.54, 1.807) is 0 Å². The Balaban J connectivity index is 1.75. The minimum Gasteiger partial charge on any atom is -0.491 e. The number of ether oxygens (including phenoxy) is 1. The Morgan fingerprint density at radius 3 is 2.33 bits per heavy atom. The van der Waals surface area contributed by atoms with Gasteiger partial charge in [-0.15, -0.1) is 0 Å². The number of carboxylic acid groups (broad SMARTS) is 1. The standard InChI is InChI=1S/C17H23NO3/c1-11-7-12(2)9-15(8-11)21-10-17(16(19)20,13-3-4-13)18-14-5-6-14/h7-9,13-14,18H,3-6,10H2,1-2H3,(H,19,20). The van der Waals surface area contributed by atoms with Gasteiger partial charge in [0.25, 0.3) is 0 Å². The Morgan fingerprint density at radius 1 is 1.24 bits per heavy atom. The highest BCUT2D eigenvalue weighted by molar-refractivity contribution is 5.80. The molecule has 3 rings (SSSR count). The van der Waals surface area contributed by atoms with Crippen molar-refractivity contribution in [2.45, 2.75) is 51.1 Å². The molecule has 0 saturated heterocycles. The fourth-order valence-corrected chi connectivity index (χ4v) is 2.96. The molecule has 21 heavy (non-hydrogen) atoms. The summed E-state index contributed by atoms with van der Waals surface area (Å²) in [7, 11) is 0. The molecule has 2 aliphatic carbocycles. The monoisotopic (exact) mass is 289 g/mol. The smallest absolute Gasteiger partial charge is 0.327 e. The summed E-state index contributed by atoms with van der Waals surface area (Å²) < 4.78 is 5.88. The number of nitrogens with one attached hydrogen (secondary N) is 1. The van der Waals surface area contributed by atoms with E-state index in [0.29, 0.717) is 6.04 Å². The highest BCUT2D eigenvalue weighted by atomic mass is 16.5. The Labute approximate surface area is 125 Å². The van der Waals surface area contributed by atoms with E-state index in [1.807, 2.05) is 26.0 Å². The van der Waals surface area contributed by atoms with E-state index in [9.17, 15) is 9.90 Å². The van der Waals surface area contributed by atoms with E-state index in [4.69, 9.17) is 4.74 Å². The van der Waals surface area contributed by atoms with Gasteiger partial charge in [-0.2, -0.15) is 0 Å². The maximum absolute atomic E-state index is 11.9. The second kappa shape index (κ2) is 5.34. The molecular weight excluding hydrogens is 266 g/mol. The van der Waals surface area contributed by atoms with E-state index in [0.717, 1.165) is 42.6 Å². The van der Waals surface area contributed by atoms with Gasteiger partial charge in [-0.25, -0.2) is 0 Å². The van der Waals surface area contributed by atoms with Gasteiger partial charge in [-0.1, -0.05) is 6.07 Å². The summed E-state index contributed by atoms with van der Waals surface area (Å²) in [5, 5.41) is 13.1. The highest BCUT2D eigenvalue weighted by Gasteiger charge is 2.54. The molecule has 1 aromatic carbocycles. The number of aryl methyl sites for hydroxylation is 2. The van der Waals surface area contributed by atoms with Crippen LogP contribution in [0.5, 0.6) is 5.75 Å². The van der Waals surface area contributed by atoms with Crippen LogP contribution < -0.4 is 10.1 Å². The number of carboxylic acids is 1. The second-order valence-electron chi connectivity index (χ2n) is 6.58. The number of carbonyl (C=O) groups is 1. The molecule has 0 heterocycles. The molecule has 0 radical (unpaired) electrons. The minimum atomic E-state index is -0.918. The average molecular weight is 289 g/mol. The highest BCUT2D eigenvalue weighted by Crippen LogP contribution is 2.42. The van der Waals surface area contributed by atoms with Crippen LogP contribution in [0.1, 0.15) is 36.8 Å². The third-order valence-electron chi connectivity index (χ3n) is 4.36. The topological polar surface area (TPSA) is 58.6 Å². The number of hydrogen-bond donors (Lipinski definition) is 2. The molecule has 1 aromatic rings. The summed E-state index contributed by atoms with van der Waals surface area (Å²) in [5.74, 6) is 0.180. The first-order valence-electron chi connectivity index (χ1n) is 7.72. The first-order chi connectivity index (χ1) is 9.99. The van der Waals surface area contributed by atoms with E-state index < -0.39 is 11.5 Å². The van der Waals surface area contributed by atoms with Crippen LogP contribution in [0, 0.1) is 19.8 Å². The van der Waals surface area contributed by atoms with Crippen molar-refractivity contribution in [1.82, 2.24) is 5.32 Å². The van der Waals surface area contributed by atoms with Gasteiger partial charge < -0.3 is 9.84 Å². The van der Waals surface area contributed by atoms with Gasteiger partial charge >= 0.3 is 5.97 Å². The third-order valence-corrected chi connectivity index (χ3v) is 4.36. The molecule has 0 aromatic heterocycles. The van der Waals surface area contributed by atoms with E-state index in [-0.39, 0.29) is 12.5 Å². The number of aliphatic carboxylic acids is 1. The summed E-state index contributed by atoms with van der Waals surface area (Å²) in [6.07, 6.45) is 4.10. The Bertz CT molecular complexity index is 529. The van der Waals surface area contributed by atoms with Gasteiger partial charge in [0.1, 0.15) is 12.4 Å². The van der Waals surface area contributed by atoms with Gasteiger partial charge in [-0.3, -0.25) is 10.1 Å². The number of hydrogen-bond acceptors (Lipinski definition) is 3. The molecule has 0 spiro atoms. The predicted octanol–water partition coefficient (Wildman–Crippen LogP) is 2.67. The molecule has 2 fully saturated rings. The quantitative estimate of drug-likeness (QED) is 0.810. The lowest BCUT2D eigenvalue weighted by Gasteiger charge is -2.31. The molecule has 1 unspecified atom stereocenters. The van der Waals surface area contributed by atoms with E-state index in [1.165, 1.54) is 0 Å². The Kier molecular flexibility index (Phi) is 3.66. The number of benzene rings is 1.